The van der Waals surface area contributed by atoms with E-state index in [2.05, 4.69) is 32.3 Å². The van der Waals surface area contributed by atoms with Crippen LogP contribution in [0.1, 0.15) is 69.4 Å². The van der Waals surface area contributed by atoms with Crippen molar-refractivity contribution >= 4 is 11.9 Å². The van der Waals surface area contributed by atoms with Crippen molar-refractivity contribution in [1.82, 2.24) is 0 Å². The highest BCUT2D eigenvalue weighted by Gasteiger charge is 2.42. The lowest BCUT2D eigenvalue weighted by molar-refractivity contribution is -0.941. The van der Waals surface area contributed by atoms with Crippen LogP contribution in [-0.2, 0) is 51.5 Å². The average molecular weight is 899 g/mol. The Labute approximate surface area is 383 Å². The minimum Gasteiger partial charge on any atom is -0.493 e. The highest BCUT2D eigenvalue weighted by atomic mass is 16.5. The maximum atomic E-state index is 12.8. The van der Waals surface area contributed by atoms with Gasteiger partial charge >= 0.3 is 11.9 Å². The Morgan fingerprint density at radius 3 is 1.66 bits per heavy atom. The van der Waals surface area contributed by atoms with Crippen LogP contribution in [0, 0.1) is 0 Å². The summed E-state index contributed by atoms with van der Waals surface area (Å²) in [5.41, 5.74) is 8.12. The van der Waals surface area contributed by atoms with Crippen LogP contribution in [0.15, 0.2) is 72.8 Å². The number of methoxy groups -OCH3 is 6. The molecule has 0 saturated carbocycles. The van der Waals surface area contributed by atoms with E-state index in [1.165, 1.54) is 11.1 Å². The van der Waals surface area contributed by atoms with E-state index in [4.69, 9.17) is 37.9 Å². The van der Waals surface area contributed by atoms with Gasteiger partial charge in [-0.25, -0.2) is 9.59 Å². The quantitative estimate of drug-likeness (QED) is 0.0423. The van der Waals surface area contributed by atoms with Gasteiger partial charge in [-0.3, -0.25) is 0 Å². The number of likely N-dealkylation sites (N-methyl/N-ethyl adjacent to an activating group) is 2. The predicted molar refractivity (Wildman–Crippen MR) is 245 cm³/mol. The van der Waals surface area contributed by atoms with Gasteiger partial charge in [-0.15, -0.1) is 0 Å². The Balaban J connectivity index is 1.05. The summed E-state index contributed by atoms with van der Waals surface area (Å²) >= 11 is 0. The van der Waals surface area contributed by atoms with Gasteiger partial charge in [0, 0.05) is 60.9 Å². The van der Waals surface area contributed by atoms with Crippen LogP contribution in [0.3, 0.4) is 0 Å². The predicted octanol–water partition coefficient (Wildman–Crippen LogP) is 6.22. The van der Waals surface area contributed by atoms with Crippen LogP contribution in [0.5, 0.6) is 34.5 Å². The van der Waals surface area contributed by atoms with Gasteiger partial charge in [-0.1, -0.05) is 12.1 Å². The van der Waals surface area contributed by atoms with Crippen molar-refractivity contribution in [2.45, 2.75) is 57.4 Å². The largest absolute Gasteiger partial charge is 0.493 e. The molecule has 2 aliphatic heterocycles. The summed E-state index contributed by atoms with van der Waals surface area (Å²) in [6.45, 7) is 3.09. The molecule has 0 amide bonds. The third-order valence-electron chi connectivity index (χ3n) is 13.3. The summed E-state index contributed by atoms with van der Waals surface area (Å²) < 4.78 is 46.1. The Bertz CT molecular complexity index is 2330. The smallest absolute Gasteiger partial charge is 0.331 e. The van der Waals surface area contributed by atoms with Gasteiger partial charge in [0.1, 0.15) is 12.1 Å². The summed E-state index contributed by atoms with van der Waals surface area (Å²) in [5.74, 6) is 2.72. The maximum absolute atomic E-state index is 12.8. The molecule has 2 N–H and O–H groups in total. The molecule has 6 rings (SSSR count). The van der Waals surface area contributed by atoms with Crippen molar-refractivity contribution in [3.05, 3.63) is 117 Å². The second-order valence-electron chi connectivity index (χ2n) is 17.2. The summed E-state index contributed by atoms with van der Waals surface area (Å²) in [6.07, 6.45) is 5.77. The highest BCUT2D eigenvalue weighted by molar-refractivity contribution is 5.91. The molecular weight excluding hydrogens is 833 g/mol. The van der Waals surface area contributed by atoms with Crippen LogP contribution in [-0.4, -0.2) is 127 Å². The molecule has 4 atom stereocenters. The zero-order valence-electron chi connectivity index (χ0n) is 39.1. The van der Waals surface area contributed by atoms with Crippen LogP contribution >= 0.6 is 0 Å². The number of aliphatic hydroxyl groups is 2. The van der Waals surface area contributed by atoms with Gasteiger partial charge in [-0.05, 0) is 76.3 Å². The fourth-order valence-electron chi connectivity index (χ4n) is 9.76. The number of hydrogen-bond acceptors (Lipinski definition) is 12. The Morgan fingerprint density at radius 1 is 0.585 bits per heavy atom. The number of rotatable bonds is 21. The Morgan fingerprint density at radius 2 is 1.08 bits per heavy atom. The first kappa shape index (κ1) is 48.7. The van der Waals surface area contributed by atoms with Crippen molar-refractivity contribution in [2.75, 3.05) is 96.1 Å². The molecule has 2 heterocycles. The van der Waals surface area contributed by atoms with E-state index in [-0.39, 0.29) is 38.5 Å². The number of carbonyl (C=O) groups is 2. The average Bonchev–Trinajstić information content (AvgIpc) is 3.33. The first-order valence-corrected chi connectivity index (χ1v) is 22.1. The van der Waals surface area contributed by atoms with E-state index in [9.17, 15) is 19.8 Å². The zero-order valence-corrected chi connectivity index (χ0v) is 39.1. The third kappa shape index (κ3) is 11.0. The van der Waals surface area contributed by atoms with E-state index in [1.54, 1.807) is 42.7 Å². The van der Waals surface area contributed by atoms with Crippen LogP contribution in [0.4, 0.5) is 0 Å². The number of aliphatic hydroxyl groups excluding tert-OH is 2. The molecule has 14 heteroatoms. The standard InChI is InChI=1S/C51H66N2O12/c1-52(21-17-36-29-47(62-7)48(63-8)31-40(36)42(52)25-34-11-13-43(58-3)45(26-34)60-5)19-9-23-64-49(56)15-16-50(57)65-24-10-20-53(2)22-18-35-27-38(32-54)39(33-55)28-41(35)51(53)37-12-14-44(59-4)46(30-37)61-6/h11-16,26-31,42,51,54-55H,9-10,17-25,32-33H2,1-8H3/q+2/b16-15-. The van der Waals surface area contributed by atoms with Gasteiger partial charge in [0.05, 0.1) is 109 Å². The normalized spacial score (nSPS) is 20.0. The molecule has 4 aromatic rings. The molecule has 0 aromatic heterocycles. The minimum absolute atomic E-state index is 0.0633. The maximum Gasteiger partial charge on any atom is 0.331 e. The lowest BCUT2D eigenvalue weighted by Gasteiger charge is -2.46. The van der Waals surface area contributed by atoms with Crippen molar-refractivity contribution in [1.29, 1.82) is 0 Å². The molecule has 65 heavy (non-hydrogen) atoms. The van der Waals surface area contributed by atoms with E-state index in [0.717, 1.165) is 78.9 Å². The van der Waals surface area contributed by atoms with Gasteiger partial charge < -0.3 is 57.1 Å². The van der Waals surface area contributed by atoms with E-state index >= 15 is 0 Å². The molecule has 0 radical (unpaired) electrons. The second kappa shape index (κ2) is 21.9. The minimum atomic E-state index is -0.621. The highest BCUT2D eigenvalue weighted by Crippen LogP contribution is 2.45. The molecule has 0 fully saturated rings. The number of esters is 2. The summed E-state index contributed by atoms with van der Waals surface area (Å²) in [6, 6.07) is 20.0. The molecule has 0 saturated heterocycles. The second-order valence-corrected chi connectivity index (χ2v) is 17.2. The fraction of sp³-hybridized carbons (Fsp3) is 0.451. The zero-order chi connectivity index (χ0) is 46.7. The molecule has 4 unspecified atom stereocenters. The van der Waals surface area contributed by atoms with E-state index in [0.29, 0.717) is 68.4 Å². The molecule has 0 aliphatic carbocycles. The van der Waals surface area contributed by atoms with Crippen molar-refractivity contribution < 1.29 is 66.7 Å². The number of fused-ring (bicyclic) bond motifs is 2. The number of ether oxygens (including phenoxy) is 8. The van der Waals surface area contributed by atoms with Crippen molar-refractivity contribution in [2.24, 2.45) is 0 Å². The van der Waals surface area contributed by atoms with Gasteiger partial charge in [0.2, 0.25) is 0 Å². The number of nitrogens with zero attached hydrogens (tertiary/aromatic N) is 2. The number of hydrogen-bond donors (Lipinski definition) is 2. The van der Waals surface area contributed by atoms with Gasteiger partial charge in [0.15, 0.2) is 34.5 Å². The van der Waals surface area contributed by atoms with Gasteiger partial charge in [-0.2, -0.15) is 0 Å². The third-order valence-corrected chi connectivity index (χ3v) is 13.3. The van der Waals surface area contributed by atoms with E-state index in [1.807, 2.05) is 42.5 Å². The molecule has 14 nitrogen and oxygen atoms in total. The monoisotopic (exact) mass is 898 g/mol. The lowest BCUT2D eigenvalue weighted by atomic mass is 9.83. The summed E-state index contributed by atoms with van der Waals surface area (Å²) in [5, 5.41) is 20.2. The Kier molecular flexibility index (Phi) is 16.4. The molecular formula is C51H66N2O12+2. The van der Waals surface area contributed by atoms with Crippen molar-refractivity contribution in [3.8, 4) is 34.5 Å². The summed E-state index contributed by atoms with van der Waals surface area (Å²) in [7, 11) is 14.2. The van der Waals surface area contributed by atoms with Crippen LogP contribution in [0.2, 0.25) is 0 Å². The van der Waals surface area contributed by atoms with E-state index < -0.39 is 11.9 Å². The first-order chi connectivity index (χ1) is 31.4. The fourth-order valence-corrected chi connectivity index (χ4v) is 9.76. The van der Waals surface area contributed by atoms with Crippen molar-refractivity contribution in [3.63, 3.8) is 0 Å². The number of carbonyl (C=O) groups excluding carboxylic acids is 2. The number of benzene rings is 4. The molecule has 0 bridgehead atoms. The molecule has 4 aromatic carbocycles. The first-order valence-electron chi connectivity index (χ1n) is 22.1. The molecule has 0 spiro atoms. The SMILES string of the molecule is COc1ccc(CC2c3cc(OC)c(OC)cc3CC[N+]2(C)CCCOC(=O)/C=C\C(=O)OCCC[N+]2(C)CCc3cc(CO)c(CO)cc3C2c2ccc(OC)c(OC)c2)cc1OC. The van der Waals surface area contributed by atoms with Crippen LogP contribution < -0.4 is 28.4 Å². The van der Waals surface area contributed by atoms with Gasteiger partial charge in [0.25, 0.3) is 0 Å². The molecule has 2 aliphatic rings. The summed E-state index contributed by atoms with van der Waals surface area (Å²) in [4.78, 5) is 25.6. The number of quaternary nitrogens is 2. The topological polar surface area (TPSA) is 148 Å². The lowest BCUT2D eigenvalue weighted by Crippen LogP contribution is -2.52. The molecule has 350 valence electrons. The van der Waals surface area contributed by atoms with Crippen LogP contribution in [0.25, 0.3) is 0 Å². The Hall–Kier alpha value is -5.80.